The number of carbonyl (C=O) groups excluding carboxylic acids is 3. The Hall–Kier alpha value is -1.75. The topological polar surface area (TPSA) is 141 Å². The van der Waals surface area contributed by atoms with Gasteiger partial charge in [-0.25, -0.2) is 0 Å². The monoisotopic (exact) mass is 376 g/mol. The summed E-state index contributed by atoms with van der Waals surface area (Å²) in [6, 6.07) is 0. The molecule has 0 aromatic rings. The van der Waals surface area contributed by atoms with Crippen LogP contribution in [0.5, 0.6) is 0 Å². The van der Waals surface area contributed by atoms with E-state index in [1.165, 1.54) is 0 Å². The van der Waals surface area contributed by atoms with Gasteiger partial charge in [-0.2, -0.15) is 0 Å². The fourth-order valence-electron chi connectivity index (χ4n) is 1.82. The van der Waals surface area contributed by atoms with Crippen molar-refractivity contribution >= 4 is 17.7 Å². The van der Waals surface area contributed by atoms with E-state index in [-0.39, 0.29) is 76.6 Å². The number of hydrogen-bond donors (Lipinski definition) is 4. The third kappa shape index (κ3) is 12.6. The zero-order valence-corrected chi connectivity index (χ0v) is 15.9. The summed E-state index contributed by atoms with van der Waals surface area (Å²) in [5.41, 5.74) is 5.32. The lowest BCUT2D eigenvalue weighted by Crippen LogP contribution is -2.53. The number of amides is 3. The van der Waals surface area contributed by atoms with Crippen LogP contribution in [0.3, 0.4) is 0 Å². The van der Waals surface area contributed by atoms with E-state index in [0.29, 0.717) is 0 Å². The number of carbonyl (C=O) groups is 3. The van der Waals surface area contributed by atoms with Gasteiger partial charge in [0.2, 0.25) is 17.7 Å². The molecule has 0 bridgehead atoms. The van der Waals surface area contributed by atoms with Crippen LogP contribution in [0.25, 0.3) is 0 Å². The van der Waals surface area contributed by atoms with Crippen LogP contribution < -0.4 is 21.7 Å². The van der Waals surface area contributed by atoms with E-state index >= 15 is 0 Å². The molecule has 152 valence electrons. The van der Waals surface area contributed by atoms with E-state index in [1.54, 1.807) is 21.1 Å². The van der Waals surface area contributed by atoms with Gasteiger partial charge in [0.25, 0.3) is 0 Å². The molecule has 26 heavy (non-hydrogen) atoms. The third-order valence-electron chi connectivity index (χ3n) is 3.43. The summed E-state index contributed by atoms with van der Waals surface area (Å²) in [7, 11) is 4.66. The summed E-state index contributed by atoms with van der Waals surface area (Å²) in [4.78, 5) is 33.6. The Bertz CT molecular complexity index is 373. The molecule has 0 aliphatic carbocycles. The summed E-state index contributed by atoms with van der Waals surface area (Å²) in [5, 5.41) is 7.51. The molecule has 0 aromatic heterocycles. The fraction of sp³-hybridized carbons (Fsp3) is 0.812. The molecule has 0 aliphatic rings. The maximum absolute atomic E-state index is 11.2. The van der Waals surface area contributed by atoms with Gasteiger partial charge in [0.05, 0.1) is 45.2 Å². The highest BCUT2D eigenvalue weighted by Gasteiger charge is 2.27. The maximum atomic E-state index is 11.2. The molecule has 0 spiro atoms. The minimum Gasteiger partial charge on any atom is -0.379 e. The molecule has 0 saturated carbocycles. The molecule has 5 N–H and O–H groups in total. The van der Waals surface area contributed by atoms with Crippen molar-refractivity contribution in [2.75, 3.05) is 60.8 Å². The molecule has 10 heteroatoms. The summed E-state index contributed by atoms with van der Waals surface area (Å²) in [6.45, 7) is 0.997. The van der Waals surface area contributed by atoms with Gasteiger partial charge in [-0.1, -0.05) is 0 Å². The zero-order valence-electron chi connectivity index (χ0n) is 15.9. The van der Waals surface area contributed by atoms with E-state index in [1.807, 2.05) is 0 Å². The first-order valence-corrected chi connectivity index (χ1v) is 8.50. The minimum atomic E-state index is -0.950. The summed E-state index contributed by atoms with van der Waals surface area (Å²) in [5.74, 6) is -0.385. The van der Waals surface area contributed by atoms with Gasteiger partial charge in [0.1, 0.15) is 0 Å². The van der Waals surface area contributed by atoms with Gasteiger partial charge >= 0.3 is 0 Å². The summed E-state index contributed by atoms with van der Waals surface area (Å²) >= 11 is 0. The molecule has 0 heterocycles. The molecule has 0 unspecified atom stereocenters. The normalized spacial score (nSPS) is 11.1. The van der Waals surface area contributed by atoms with Crippen LogP contribution in [0, 0.1) is 0 Å². The molecule has 0 atom stereocenters. The number of hydrogen-bond acceptors (Lipinski definition) is 7. The van der Waals surface area contributed by atoms with Gasteiger partial charge in [0, 0.05) is 40.4 Å². The standard InChI is InChI=1S/C16H32N4O6/c1-18-13(21)4-7-24-10-16(17,11-25-8-5-14(22)19-2)12-26-9-6-15(23)20-3/h4-12,17H2,1-3H3,(H,18,21)(H,19,22)(H,20,23). The lowest BCUT2D eigenvalue weighted by atomic mass is 10.1. The van der Waals surface area contributed by atoms with Crippen LogP contribution in [-0.4, -0.2) is 84.0 Å². The number of nitrogens with two attached hydrogens (primary N) is 1. The second kappa shape index (κ2) is 14.4. The van der Waals surface area contributed by atoms with E-state index in [4.69, 9.17) is 19.9 Å². The first kappa shape index (κ1) is 24.2. The zero-order chi connectivity index (χ0) is 19.8. The van der Waals surface area contributed by atoms with Gasteiger partial charge < -0.3 is 35.9 Å². The maximum Gasteiger partial charge on any atom is 0.222 e. The Morgan fingerprint density at radius 3 is 1.19 bits per heavy atom. The van der Waals surface area contributed by atoms with Crippen molar-refractivity contribution in [2.45, 2.75) is 24.8 Å². The molecule has 0 rings (SSSR count). The number of ether oxygens (including phenoxy) is 3. The molecular weight excluding hydrogens is 344 g/mol. The van der Waals surface area contributed by atoms with Crippen molar-refractivity contribution in [2.24, 2.45) is 5.73 Å². The van der Waals surface area contributed by atoms with Crippen LogP contribution in [0.15, 0.2) is 0 Å². The van der Waals surface area contributed by atoms with Crippen molar-refractivity contribution in [3.05, 3.63) is 0 Å². The number of rotatable bonds is 15. The Kier molecular flexibility index (Phi) is 13.5. The van der Waals surface area contributed by atoms with E-state index in [2.05, 4.69) is 16.0 Å². The SMILES string of the molecule is CNC(=O)CCOCC(N)(COCCC(=O)NC)COCCC(=O)NC. The van der Waals surface area contributed by atoms with Crippen LogP contribution in [0.2, 0.25) is 0 Å². The molecule has 0 radical (unpaired) electrons. The van der Waals surface area contributed by atoms with Gasteiger partial charge in [-0.05, 0) is 0 Å². The first-order valence-electron chi connectivity index (χ1n) is 8.50. The smallest absolute Gasteiger partial charge is 0.222 e. The van der Waals surface area contributed by atoms with Crippen LogP contribution in [0.4, 0.5) is 0 Å². The highest BCUT2D eigenvalue weighted by atomic mass is 16.5. The molecule has 0 saturated heterocycles. The van der Waals surface area contributed by atoms with Gasteiger partial charge in [-0.15, -0.1) is 0 Å². The third-order valence-corrected chi connectivity index (χ3v) is 3.43. The average Bonchev–Trinajstić information content (AvgIpc) is 2.65. The molecule has 3 amide bonds. The average molecular weight is 376 g/mol. The van der Waals surface area contributed by atoms with Gasteiger partial charge in [-0.3, -0.25) is 14.4 Å². The van der Waals surface area contributed by atoms with Crippen LogP contribution in [-0.2, 0) is 28.6 Å². The van der Waals surface area contributed by atoms with E-state index in [0.717, 1.165) is 0 Å². The van der Waals surface area contributed by atoms with Gasteiger partial charge in [0.15, 0.2) is 0 Å². The van der Waals surface area contributed by atoms with Crippen molar-refractivity contribution in [1.29, 1.82) is 0 Å². The molecule has 0 aromatic carbocycles. The highest BCUT2D eigenvalue weighted by Crippen LogP contribution is 2.06. The first-order chi connectivity index (χ1) is 12.4. The number of nitrogens with one attached hydrogen (secondary N) is 3. The fourth-order valence-corrected chi connectivity index (χ4v) is 1.82. The van der Waals surface area contributed by atoms with Crippen molar-refractivity contribution in [3.8, 4) is 0 Å². The Morgan fingerprint density at radius 1 is 0.692 bits per heavy atom. The largest absolute Gasteiger partial charge is 0.379 e. The Balaban J connectivity index is 4.32. The molecular formula is C16H32N4O6. The van der Waals surface area contributed by atoms with Crippen LogP contribution >= 0.6 is 0 Å². The molecule has 0 aliphatic heterocycles. The highest BCUT2D eigenvalue weighted by molar-refractivity contribution is 5.76. The molecule has 10 nitrogen and oxygen atoms in total. The van der Waals surface area contributed by atoms with E-state index in [9.17, 15) is 14.4 Å². The summed E-state index contributed by atoms with van der Waals surface area (Å²) < 4.78 is 16.4. The second-order valence-electron chi connectivity index (χ2n) is 5.79. The quantitative estimate of drug-likeness (QED) is 0.246. The Morgan fingerprint density at radius 2 is 0.962 bits per heavy atom. The van der Waals surface area contributed by atoms with Crippen LogP contribution in [0.1, 0.15) is 19.3 Å². The predicted molar refractivity (Wildman–Crippen MR) is 95.4 cm³/mol. The molecule has 0 fully saturated rings. The lowest BCUT2D eigenvalue weighted by molar-refractivity contribution is -0.122. The van der Waals surface area contributed by atoms with Crippen molar-refractivity contribution in [1.82, 2.24) is 16.0 Å². The predicted octanol–water partition coefficient (Wildman–Crippen LogP) is -1.86. The minimum absolute atomic E-state index is 0.115. The lowest BCUT2D eigenvalue weighted by Gasteiger charge is -2.29. The van der Waals surface area contributed by atoms with E-state index < -0.39 is 5.54 Å². The van der Waals surface area contributed by atoms with Crippen molar-refractivity contribution < 1.29 is 28.6 Å². The second-order valence-corrected chi connectivity index (χ2v) is 5.79. The summed E-state index contributed by atoms with van der Waals surface area (Å²) in [6.07, 6.45) is 0.672. The van der Waals surface area contributed by atoms with Crippen molar-refractivity contribution in [3.63, 3.8) is 0 Å². The Labute approximate surface area is 154 Å².